The highest BCUT2D eigenvalue weighted by Crippen LogP contribution is 2.38. The maximum absolute atomic E-state index is 8.96. The molecule has 0 fully saturated rings. The van der Waals surface area contributed by atoms with Crippen LogP contribution < -0.4 is 10.1 Å². The van der Waals surface area contributed by atoms with Crippen molar-refractivity contribution in [2.75, 3.05) is 6.50 Å². The lowest BCUT2D eigenvalue weighted by Gasteiger charge is -2.13. The molecular formula is C24H26N4O2. The molecule has 0 radical (unpaired) electrons. The Balaban J connectivity index is 1.97. The molecule has 1 N–H and O–H groups in total. The summed E-state index contributed by atoms with van der Waals surface area (Å²) in [5.74, 6) is -1.60. The van der Waals surface area contributed by atoms with Gasteiger partial charge in [-0.2, -0.15) is 4.98 Å². The van der Waals surface area contributed by atoms with Crippen LogP contribution in [0.25, 0.3) is 27.7 Å². The second-order valence-corrected chi connectivity index (χ2v) is 6.31. The number of hydrogen-bond acceptors (Lipinski definition) is 5. The van der Waals surface area contributed by atoms with Gasteiger partial charge in [0.1, 0.15) is 5.75 Å². The van der Waals surface area contributed by atoms with Crippen LogP contribution in [-0.2, 0) is 6.37 Å². The number of rotatable bonds is 7. The van der Waals surface area contributed by atoms with Crippen molar-refractivity contribution in [3.63, 3.8) is 0 Å². The standard InChI is InChI=1S/C24H26N4O2/c1-5-13-26-20-11-10-17-18(20)7-6-8-19(17)23-27-24(30-28-23)16-9-12-22(29-15(2)3)21(14-16)25-4/h6-9,12,14-15,20,26H,5,10-11,13H2,1-3H3/t20-/m0/s1/i5D2,6D,7D,8D,9D,10D2,12D,13D2,14D,15D,20D. The average Bonchev–Trinajstić information content (AvgIpc) is 3.39. The number of hydrogen-bond donors (Lipinski definition) is 1. The van der Waals surface area contributed by atoms with Gasteiger partial charge < -0.3 is 14.6 Å². The van der Waals surface area contributed by atoms with E-state index >= 15 is 0 Å². The summed E-state index contributed by atoms with van der Waals surface area (Å²) in [6.07, 6.45) is -7.56. The minimum absolute atomic E-state index is 0.473. The zero-order valence-corrected chi connectivity index (χ0v) is 16.4. The molecule has 6 heteroatoms. The monoisotopic (exact) mass is 416 g/mol. The number of aromatic nitrogens is 2. The van der Waals surface area contributed by atoms with Gasteiger partial charge in [-0.25, -0.2) is 4.85 Å². The minimum atomic E-state index is -2.89. The van der Waals surface area contributed by atoms with Crippen LogP contribution in [0.5, 0.6) is 5.75 Å². The van der Waals surface area contributed by atoms with E-state index in [-0.39, 0.29) is 0 Å². The molecule has 1 aromatic heterocycles. The van der Waals surface area contributed by atoms with Gasteiger partial charge in [0.2, 0.25) is 11.5 Å². The van der Waals surface area contributed by atoms with Crippen molar-refractivity contribution < 1.29 is 28.5 Å². The Labute approximate surface area is 196 Å². The van der Waals surface area contributed by atoms with Crippen molar-refractivity contribution in [1.29, 1.82) is 0 Å². The molecule has 1 heterocycles. The molecule has 3 aromatic rings. The van der Waals surface area contributed by atoms with Crippen LogP contribution in [0.2, 0.25) is 0 Å². The molecule has 30 heavy (non-hydrogen) atoms. The summed E-state index contributed by atoms with van der Waals surface area (Å²) in [4.78, 5) is 7.32. The molecule has 1 aliphatic carbocycles. The van der Waals surface area contributed by atoms with E-state index < -0.39 is 119 Å². The molecule has 6 nitrogen and oxygen atoms in total. The summed E-state index contributed by atoms with van der Waals surface area (Å²) >= 11 is 0. The molecule has 1 aliphatic rings. The van der Waals surface area contributed by atoms with E-state index in [1.54, 1.807) is 0 Å². The molecule has 0 unspecified atom stereocenters. The maximum Gasteiger partial charge on any atom is 0.256 e. The second-order valence-electron chi connectivity index (χ2n) is 6.31. The van der Waals surface area contributed by atoms with Gasteiger partial charge in [0.15, 0.2) is 0 Å². The molecule has 0 amide bonds. The van der Waals surface area contributed by atoms with Gasteiger partial charge in [0.25, 0.3) is 5.89 Å². The number of ether oxygens (including phenoxy) is 1. The third-order valence-electron chi connectivity index (χ3n) is 4.00. The van der Waals surface area contributed by atoms with Crippen LogP contribution in [0.3, 0.4) is 0 Å². The summed E-state index contributed by atoms with van der Waals surface area (Å²) in [6.45, 7) is 8.19. The highest BCUT2D eigenvalue weighted by Gasteiger charge is 2.26. The normalized spacial score (nSPS) is 27.4. The third kappa shape index (κ3) is 3.94. The summed E-state index contributed by atoms with van der Waals surface area (Å²) < 4.78 is 127. The first-order valence-corrected chi connectivity index (χ1v) is 8.87. The van der Waals surface area contributed by atoms with Crippen molar-refractivity contribution in [2.45, 2.75) is 52.0 Å². The SMILES string of the molecule is [2H]c1c([2H])c(-c2noc(-c3c([2H])c([2H])c(OC([2H])(C)C)c([N+]#[C-])c3[2H])n2)c2c(c1[2H])[C@@]([2H])(NC([2H])([2H])C([2H])([2H])C)CC2([2H])[2H]. The van der Waals surface area contributed by atoms with Crippen LogP contribution in [0.15, 0.2) is 40.8 Å². The Bertz CT molecular complexity index is 1720. The lowest BCUT2D eigenvalue weighted by Crippen LogP contribution is -2.19. The average molecular weight is 417 g/mol. The molecule has 4 rings (SSSR count). The fourth-order valence-electron chi connectivity index (χ4n) is 2.76. The molecule has 2 aromatic carbocycles. The maximum atomic E-state index is 8.96. The van der Waals surface area contributed by atoms with Crippen LogP contribution in [-0.4, -0.2) is 22.7 Å². The van der Waals surface area contributed by atoms with Gasteiger partial charge in [0, 0.05) is 26.7 Å². The molecule has 0 aliphatic heterocycles. The predicted molar refractivity (Wildman–Crippen MR) is 117 cm³/mol. The lowest BCUT2D eigenvalue weighted by atomic mass is 10.0. The molecule has 0 spiro atoms. The highest BCUT2D eigenvalue weighted by atomic mass is 16.5. The topological polar surface area (TPSA) is 64.5 Å². The van der Waals surface area contributed by atoms with Crippen molar-refractivity contribution in [3.8, 4) is 28.6 Å². The third-order valence-corrected chi connectivity index (χ3v) is 4.00. The number of benzene rings is 2. The molecule has 1 atom stereocenters. The van der Waals surface area contributed by atoms with Gasteiger partial charge in [-0.05, 0) is 68.8 Å². The Hall–Kier alpha value is -3.17. The van der Waals surface area contributed by atoms with Crippen molar-refractivity contribution in [2.24, 2.45) is 0 Å². The summed E-state index contributed by atoms with van der Waals surface area (Å²) in [5.41, 5.74) is -2.49. The molecule has 154 valence electrons. The van der Waals surface area contributed by atoms with Gasteiger partial charge in [0.05, 0.1) is 22.2 Å². The first-order chi connectivity index (χ1) is 19.9. The van der Waals surface area contributed by atoms with Gasteiger partial charge in [-0.1, -0.05) is 30.2 Å². The lowest BCUT2D eigenvalue weighted by molar-refractivity contribution is 0.244. The fraction of sp³-hybridized carbons (Fsp3) is 0.375. The van der Waals surface area contributed by atoms with Crippen LogP contribution >= 0.6 is 0 Å². The van der Waals surface area contributed by atoms with Crippen molar-refractivity contribution in [3.05, 3.63) is 58.8 Å². The van der Waals surface area contributed by atoms with E-state index in [0.717, 1.165) is 6.92 Å². The second kappa shape index (κ2) is 8.68. The van der Waals surface area contributed by atoms with Crippen LogP contribution in [0, 0.1) is 6.57 Å². The van der Waals surface area contributed by atoms with Crippen LogP contribution in [0.1, 0.15) is 69.9 Å². The zero-order valence-electron chi connectivity index (χ0n) is 30.4. The minimum Gasteiger partial charge on any atom is -0.502 e. The van der Waals surface area contributed by atoms with E-state index in [4.69, 9.17) is 35.0 Å². The molecule has 0 saturated heterocycles. The van der Waals surface area contributed by atoms with E-state index in [1.165, 1.54) is 13.8 Å². The number of nitrogens with one attached hydrogen (secondary N) is 1. The highest BCUT2D eigenvalue weighted by molar-refractivity contribution is 5.70. The fourth-order valence-corrected chi connectivity index (χ4v) is 2.76. The van der Waals surface area contributed by atoms with E-state index in [2.05, 4.69) is 20.3 Å². The van der Waals surface area contributed by atoms with E-state index in [0.29, 0.717) is 0 Å². The van der Waals surface area contributed by atoms with Gasteiger partial charge in [-0.3, -0.25) is 0 Å². The summed E-state index contributed by atoms with van der Waals surface area (Å²) in [7, 11) is 0. The Morgan fingerprint density at radius 1 is 1.50 bits per heavy atom. The molecule has 0 saturated carbocycles. The first kappa shape index (κ1) is 9.32. The van der Waals surface area contributed by atoms with Crippen molar-refractivity contribution >= 4 is 5.69 Å². The Morgan fingerprint density at radius 2 is 2.37 bits per heavy atom. The smallest absolute Gasteiger partial charge is 0.256 e. The molecule has 0 bridgehead atoms. The molecular weight excluding hydrogens is 376 g/mol. The summed E-state index contributed by atoms with van der Waals surface area (Å²) in [6, 6.07) is -6.71. The Kier molecular flexibility index (Phi) is 2.70. The van der Waals surface area contributed by atoms with E-state index in [9.17, 15) is 0 Å². The predicted octanol–water partition coefficient (Wildman–Crippen LogP) is 5.73. The van der Waals surface area contributed by atoms with Gasteiger partial charge >= 0.3 is 0 Å². The zero-order chi connectivity index (χ0) is 33.5. The number of fused-ring (bicyclic) bond motifs is 1. The van der Waals surface area contributed by atoms with Crippen molar-refractivity contribution in [1.82, 2.24) is 15.5 Å². The van der Waals surface area contributed by atoms with Crippen LogP contribution in [0.4, 0.5) is 5.69 Å². The van der Waals surface area contributed by atoms with E-state index in [1.807, 2.05) is 0 Å². The van der Waals surface area contributed by atoms with Gasteiger partial charge in [-0.15, -0.1) is 0 Å². The summed E-state index contributed by atoms with van der Waals surface area (Å²) in [5, 5.41) is 5.92. The number of nitrogens with zero attached hydrogens (tertiary/aromatic N) is 3. The largest absolute Gasteiger partial charge is 0.502 e. The quantitative estimate of drug-likeness (QED) is 0.498. The Morgan fingerprint density at radius 3 is 3.13 bits per heavy atom. The first-order valence-electron chi connectivity index (χ1n) is 15.9.